The van der Waals surface area contributed by atoms with Crippen molar-refractivity contribution in [2.45, 2.75) is 13.0 Å². The Morgan fingerprint density at radius 3 is 2.73 bits per heavy atom. The van der Waals surface area contributed by atoms with Gasteiger partial charge in [0.1, 0.15) is 5.76 Å². The highest BCUT2D eigenvalue weighted by atomic mass is 35.5. The fraction of sp³-hybridized carbons (Fsp3) is 0.263. The minimum absolute atomic E-state index is 0.191. The Kier molecular flexibility index (Phi) is 4.51. The number of hydrogen-bond acceptors (Lipinski definition) is 3. The van der Waals surface area contributed by atoms with Crippen LogP contribution in [0.2, 0.25) is 10.0 Å². The topological polar surface area (TPSA) is 51.3 Å². The maximum atomic E-state index is 11.7. The average Bonchev–Trinajstić information content (AvgIpc) is 3.31. The molecule has 1 fully saturated rings. The normalized spacial score (nSPS) is 17.3. The van der Waals surface area contributed by atoms with Gasteiger partial charge in [0.2, 0.25) is 5.91 Å². The van der Waals surface area contributed by atoms with Gasteiger partial charge in [0.15, 0.2) is 11.6 Å². The number of carbonyl (C=O) groups is 1. The van der Waals surface area contributed by atoms with Crippen LogP contribution in [0.4, 0.5) is 0 Å². The van der Waals surface area contributed by atoms with E-state index in [0.717, 1.165) is 24.5 Å². The molecule has 1 aliphatic rings. The zero-order chi connectivity index (χ0) is 18.3. The zero-order valence-corrected chi connectivity index (χ0v) is 15.7. The smallest absolute Gasteiger partial charge is 0.222 e. The SMILES string of the molecule is CN1CC(Cn2ccnc2-c2ccc(-c3ccc(Cl)c(Cl)c3)o2)CC1=O. The molecule has 1 atom stereocenters. The molecule has 0 spiro atoms. The van der Waals surface area contributed by atoms with E-state index in [1.807, 2.05) is 36.0 Å². The average molecular weight is 390 g/mol. The van der Waals surface area contributed by atoms with Gasteiger partial charge in [0.25, 0.3) is 0 Å². The molecular weight excluding hydrogens is 373 g/mol. The van der Waals surface area contributed by atoms with Crippen molar-refractivity contribution in [2.24, 2.45) is 5.92 Å². The molecule has 1 saturated heterocycles. The highest BCUT2D eigenvalue weighted by Gasteiger charge is 2.27. The van der Waals surface area contributed by atoms with Crippen LogP contribution in [0.5, 0.6) is 0 Å². The summed E-state index contributed by atoms with van der Waals surface area (Å²) in [5.74, 6) is 2.59. The van der Waals surface area contributed by atoms with Gasteiger partial charge < -0.3 is 13.9 Å². The lowest BCUT2D eigenvalue weighted by atomic mass is 10.1. The first-order valence-corrected chi connectivity index (χ1v) is 9.07. The largest absolute Gasteiger partial charge is 0.453 e. The molecule has 0 bridgehead atoms. The molecule has 0 saturated carbocycles. The molecule has 3 aromatic rings. The summed E-state index contributed by atoms with van der Waals surface area (Å²) in [5.41, 5.74) is 0.853. The fourth-order valence-electron chi connectivity index (χ4n) is 3.30. The van der Waals surface area contributed by atoms with Crippen LogP contribution in [0.25, 0.3) is 22.9 Å². The lowest BCUT2D eigenvalue weighted by molar-refractivity contribution is -0.126. The summed E-state index contributed by atoms with van der Waals surface area (Å²) in [6, 6.07) is 9.17. The summed E-state index contributed by atoms with van der Waals surface area (Å²) in [5, 5.41) is 0.993. The molecule has 0 radical (unpaired) electrons. The summed E-state index contributed by atoms with van der Waals surface area (Å²) >= 11 is 12.1. The van der Waals surface area contributed by atoms with Crippen LogP contribution in [0.3, 0.4) is 0 Å². The van der Waals surface area contributed by atoms with E-state index in [1.165, 1.54) is 0 Å². The van der Waals surface area contributed by atoms with Crippen molar-refractivity contribution in [1.82, 2.24) is 14.5 Å². The number of imidazole rings is 1. The summed E-state index contributed by atoms with van der Waals surface area (Å²) in [4.78, 5) is 17.9. The monoisotopic (exact) mass is 389 g/mol. The predicted molar refractivity (Wildman–Crippen MR) is 101 cm³/mol. The lowest BCUT2D eigenvalue weighted by Crippen LogP contribution is -2.20. The van der Waals surface area contributed by atoms with Crippen LogP contribution in [-0.4, -0.2) is 34.0 Å². The summed E-state index contributed by atoms with van der Waals surface area (Å²) < 4.78 is 8.03. The number of benzene rings is 1. The molecule has 134 valence electrons. The number of furan rings is 1. The summed E-state index contributed by atoms with van der Waals surface area (Å²) in [6.07, 6.45) is 4.23. The Morgan fingerprint density at radius 1 is 1.19 bits per heavy atom. The Labute approximate surface area is 161 Å². The molecular formula is C19H17Cl2N3O2. The second-order valence-corrected chi connectivity index (χ2v) is 7.35. The molecule has 7 heteroatoms. The Hall–Kier alpha value is -2.24. The van der Waals surface area contributed by atoms with E-state index in [0.29, 0.717) is 28.0 Å². The minimum atomic E-state index is 0.191. The number of halogens is 2. The molecule has 1 aromatic carbocycles. The van der Waals surface area contributed by atoms with E-state index in [4.69, 9.17) is 27.6 Å². The van der Waals surface area contributed by atoms with Gasteiger partial charge in [-0.1, -0.05) is 23.2 Å². The molecule has 5 nitrogen and oxygen atoms in total. The van der Waals surface area contributed by atoms with Crippen molar-refractivity contribution < 1.29 is 9.21 Å². The molecule has 1 unspecified atom stereocenters. The van der Waals surface area contributed by atoms with Gasteiger partial charge >= 0.3 is 0 Å². The summed E-state index contributed by atoms with van der Waals surface area (Å²) in [6.45, 7) is 1.50. The maximum absolute atomic E-state index is 11.7. The van der Waals surface area contributed by atoms with E-state index in [2.05, 4.69) is 4.98 Å². The van der Waals surface area contributed by atoms with Crippen LogP contribution < -0.4 is 0 Å². The van der Waals surface area contributed by atoms with Gasteiger partial charge in [-0.3, -0.25) is 4.79 Å². The number of amides is 1. The summed E-state index contributed by atoms with van der Waals surface area (Å²) in [7, 11) is 1.84. The van der Waals surface area contributed by atoms with Gasteiger partial charge in [-0.2, -0.15) is 0 Å². The second-order valence-electron chi connectivity index (χ2n) is 6.54. The van der Waals surface area contributed by atoms with Crippen molar-refractivity contribution in [3.8, 4) is 22.9 Å². The molecule has 1 aliphatic heterocycles. The van der Waals surface area contributed by atoms with E-state index in [1.54, 1.807) is 23.2 Å². The van der Waals surface area contributed by atoms with Crippen molar-refractivity contribution in [3.05, 3.63) is 52.8 Å². The van der Waals surface area contributed by atoms with E-state index in [9.17, 15) is 4.79 Å². The van der Waals surface area contributed by atoms with Crippen molar-refractivity contribution in [3.63, 3.8) is 0 Å². The van der Waals surface area contributed by atoms with Crippen LogP contribution in [0, 0.1) is 5.92 Å². The highest BCUT2D eigenvalue weighted by Crippen LogP contribution is 2.32. The zero-order valence-electron chi connectivity index (χ0n) is 14.2. The van der Waals surface area contributed by atoms with Crippen molar-refractivity contribution in [1.29, 1.82) is 0 Å². The molecule has 3 heterocycles. The van der Waals surface area contributed by atoms with Crippen LogP contribution in [0.15, 0.2) is 47.1 Å². The van der Waals surface area contributed by atoms with Crippen LogP contribution in [-0.2, 0) is 11.3 Å². The molecule has 0 N–H and O–H groups in total. The molecule has 26 heavy (non-hydrogen) atoms. The van der Waals surface area contributed by atoms with Gasteiger partial charge in [0.05, 0.1) is 10.0 Å². The van der Waals surface area contributed by atoms with Gasteiger partial charge in [-0.05, 0) is 30.3 Å². The van der Waals surface area contributed by atoms with E-state index < -0.39 is 0 Å². The quantitative estimate of drug-likeness (QED) is 0.655. The first kappa shape index (κ1) is 17.2. The molecule has 0 aliphatic carbocycles. The third kappa shape index (κ3) is 3.24. The first-order valence-electron chi connectivity index (χ1n) is 8.32. The van der Waals surface area contributed by atoms with Gasteiger partial charge in [-0.25, -0.2) is 4.98 Å². The number of carbonyl (C=O) groups excluding carboxylic acids is 1. The number of aromatic nitrogens is 2. The Balaban J connectivity index is 1.58. The lowest BCUT2D eigenvalue weighted by Gasteiger charge is -2.12. The first-order chi connectivity index (χ1) is 12.5. The number of rotatable bonds is 4. The minimum Gasteiger partial charge on any atom is -0.453 e. The number of likely N-dealkylation sites (tertiary alicyclic amines) is 1. The van der Waals surface area contributed by atoms with Crippen LogP contribution in [0.1, 0.15) is 6.42 Å². The highest BCUT2D eigenvalue weighted by molar-refractivity contribution is 6.42. The third-order valence-electron chi connectivity index (χ3n) is 4.62. The number of nitrogens with zero attached hydrogens (tertiary/aromatic N) is 3. The standard InChI is InChI=1S/C19H17Cl2N3O2/c1-23-10-12(8-18(23)25)11-24-7-6-22-19(24)17-5-4-16(26-17)13-2-3-14(20)15(21)9-13/h2-7,9,12H,8,10-11H2,1H3. The molecule has 2 aromatic heterocycles. The predicted octanol–water partition coefficient (Wildman–Crippen LogP) is 4.60. The van der Waals surface area contributed by atoms with Gasteiger partial charge in [0, 0.05) is 50.4 Å². The van der Waals surface area contributed by atoms with E-state index >= 15 is 0 Å². The Bertz CT molecular complexity index is 963. The van der Waals surface area contributed by atoms with Crippen molar-refractivity contribution >= 4 is 29.1 Å². The van der Waals surface area contributed by atoms with Crippen LogP contribution >= 0.6 is 23.2 Å². The van der Waals surface area contributed by atoms with E-state index in [-0.39, 0.29) is 11.8 Å². The van der Waals surface area contributed by atoms with Crippen molar-refractivity contribution in [2.75, 3.05) is 13.6 Å². The molecule has 1 amide bonds. The fourth-order valence-corrected chi connectivity index (χ4v) is 3.60. The number of hydrogen-bond donors (Lipinski definition) is 0. The Morgan fingerprint density at radius 2 is 2.00 bits per heavy atom. The maximum Gasteiger partial charge on any atom is 0.222 e. The van der Waals surface area contributed by atoms with Gasteiger partial charge in [-0.15, -0.1) is 0 Å². The second kappa shape index (κ2) is 6.82. The molecule has 4 rings (SSSR count). The third-order valence-corrected chi connectivity index (χ3v) is 5.36.